The number of allylic oxidation sites excluding steroid dienone is 1. The lowest BCUT2D eigenvalue weighted by atomic mass is 9.92. The normalized spacial score (nSPS) is 13.5. The van der Waals surface area contributed by atoms with Crippen LogP contribution in [-0.4, -0.2) is 11.5 Å². The van der Waals surface area contributed by atoms with Crippen LogP contribution >= 0.6 is 8.25 Å². The second-order valence-corrected chi connectivity index (χ2v) is 4.41. The van der Waals surface area contributed by atoms with Crippen LogP contribution in [0.15, 0.2) is 11.6 Å². The van der Waals surface area contributed by atoms with Gasteiger partial charge in [-0.2, -0.15) is 0 Å². The highest BCUT2D eigenvalue weighted by Gasteiger charge is 2.07. The van der Waals surface area contributed by atoms with Gasteiger partial charge in [0, 0.05) is 0 Å². The monoisotopic (exact) mass is 206 g/mol. The van der Waals surface area contributed by atoms with E-state index in [0.29, 0.717) is 11.8 Å². The largest absolute Gasteiger partial charge is 0.326 e. The van der Waals surface area contributed by atoms with E-state index >= 15 is 0 Å². The highest BCUT2D eigenvalue weighted by Crippen LogP contribution is 2.20. The van der Waals surface area contributed by atoms with E-state index in [0.717, 1.165) is 0 Å². The van der Waals surface area contributed by atoms with Crippen molar-refractivity contribution in [3.05, 3.63) is 11.6 Å². The smallest absolute Gasteiger partial charge is 0.316 e. The Labute approximate surface area is 80.8 Å². The van der Waals surface area contributed by atoms with Crippen LogP contribution in [0.2, 0.25) is 0 Å². The van der Waals surface area contributed by atoms with Gasteiger partial charge in [0.1, 0.15) is 0 Å². The summed E-state index contributed by atoms with van der Waals surface area (Å²) in [6.07, 6.45) is 1.90. The van der Waals surface area contributed by atoms with Crippen molar-refractivity contribution in [3.63, 3.8) is 0 Å². The maximum Gasteiger partial charge on any atom is 0.316 e. The van der Waals surface area contributed by atoms with Crippen LogP contribution in [0.3, 0.4) is 0 Å². The van der Waals surface area contributed by atoms with Crippen molar-refractivity contribution < 1.29 is 14.0 Å². The third-order valence-electron chi connectivity index (χ3n) is 1.86. The summed E-state index contributed by atoms with van der Waals surface area (Å²) in [5.74, 6) is 0.925. The highest BCUT2D eigenvalue weighted by molar-refractivity contribution is 7.32. The average Bonchev–Trinajstić information content (AvgIpc) is 1.95. The van der Waals surface area contributed by atoms with Gasteiger partial charge in [-0.1, -0.05) is 39.3 Å². The first kappa shape index (κ1) is 12.9. The highest BCUT2D eigenvalue weighted by atomic mass is 31.1. The van der Waals surface area contributed by atoms with Crippen LogP contribution in [0.4, 0.5) is 0 Å². The quantitative estimate of drug-likeness (QED) is 0.555. The van der Waals surface area contributed by atoms with Gasteiger partial charge in [0.2, 0.25) is 0 Å². The summed E-state index contributed by atoms with van der Waals surface area (Å²) in [7, 11) is -2.78. The molecule has 0 spiro atoms. The summed E-state index contributed by atoms with van der Waals surface area (Å²) in [5.41, 5.74) is 1.27. The standard InChI is InChI=1S/C9H19O3P/c1-7(2)9(8(3)4)5-6-12-13(10)11/h5,7-8,13H,6H2,1-4H3,(H,10,11). The number of hydrogen-bond donors (Lipinski definition) is 1. The molecule has 0 saturated carbocycles. The molecule has 1 N–H and O–H groups in total. The fourth-order valence-corrected chi connectivity index (χ4v) is 1.57. The minimum Gasteiger partial charge on any atom is -0.326 e. The van der Waals surface area contributed by atoms with E-state index < -0.39 is 8.25 Å². The summed E-state index contributed by atoms with van der Waals surface area (Å²) in [6.45, 7) is 8.66. The molecule has 1 unspecified atom stereocenters. The Kier molecular flexibility index (Phi) is 6.31. The predicted octanol–water partition coefficient (Wildman–Crippen LogP) is 2.62. The molecule has 0 bridgehead atoms. The molecule has 0 saturated heterocycles. The minimum atomic E-state index is -2.78. The van der Waals surface area contributed by atoms with Crippen molar-refractivity contribution in [2.75, 3.05) is 6.61 Å². The van der Waals surface area contributed by atoms with Gasteiger partial charge in [0.25, 0.3) is 0 Å². The lowest BCUT2D eigenvalue weighted by Crippen LogP contribution is -2.03. The molecule has 78 valence electrons. The van der Waals surface area contributed by atoms with Gasteiger partial charge < -0.3 is 9.42 Å². The fraction of sp³-hybridized carbons (Fsp3) is 0.778. The van der Waals surface area contributed by atoms with Gasteiger partial charge in [-0.25, -0.2) is 0 Å². The topological polar surface area (TPSA) is 46.5 Å². The van der Waals surface area contributed by atoms with Gasteiger partial charge in [0.05, 0.1) is 6.61 Å². The third-order valence-corrected chi connectivity index (χ3v) is 2.27. The van der Waals surface area contributed by atoms with Crippen molar-refractivity contribution in [3.8, 4) is 0 Å². The van der Waals surface area contributed by atoms with Crippen LogP contribution in [0.1, 0.15) is 27.7 Å². The van der Waals surface area contributed by atoms with E-state index in [9.17, 15) is 4.57 Å². The van der Waals surface area contributed by atoms with E-state index in [1.54, 1.807) is 0 Å². The van der Waals surface area contributed by atoms with Gasteiger partial charge in [-0.05, 0) is 11.8 Å². The van der Waals surface area contributed by atoms with Crippen LogP contribution in [0.5, 0.6) is 0 Å². The Hall–Kier alpha value is -0.110. The Bertz CT molecular complexity index is 187. The first-order chi connectivity index (χ1) is 5.95. The molecular formula is C9H19O3P. The van der Waals surface area contributed by atoms with Gasteiger partial charge in [-0.3, -0.25) is 4.57 Å². The van der Waals surface area contributed by atoms with E-state index in [-0.39, 0.29) is 6.61 Å². The van der Waals surface area contributed by atoms with Crippen LogP contribution in [0, 0.1) is 11.8 Å². The van der Waals surface area contributed by atoms with E-state index in [1.807, 2.05) is 6.08 Å². The van der Waals surface area contributed by atoms with Crippen molar-refractivity contribution in [1.82, 2.24) is 0 Å². The molecule has 3 nitrogen and oxygen atoms in total. The molecule has 0 radical (unpaired) electrons. The maximum atomic E-state index is 10.3. The second-order valence-electron chi connectivity index (χ2n) is 3.59. The van der Waals surface area contributed by atoms with Crippen LogP contribution < -0.4 is 0 Å². The molecule has 0 rings (SSSR count). The summed E-state index contributed by atoms with van der Waals surface area (Å²) >= 11 is 0. The molecule has 1 atom stereocenters. The van der Waals surface area contributed by atoms with Crippen molar-refractivity contribution in [1.29, 1.82) is 0 Å². The molecule has 13 heavy (non-hydrogen) atoms. The molecule has 0 fully saturated rings. The van der Waals surface area contributed by atoms with E-state index in [4.69, 9.17) is 4.89 Å². The average molecular weight is 206 g/mol. The Morgan fingerprint density at radius 3 is 2.15 bits per heavy atom. The maximum absolute atomic E-state index is 10.3. The lowest BCUT2D eigenvalue weighted by molar-refractivity contribution is 0.310. The van der Waals surface area contributed by atoms with E-state index in [1.165, 1.54) is 5.57 Å². The zero-order valence-corrected chi connectivity index (χ0v) is 9.70. The Morgan fingerprint density at radius 2 is 1.85 bits per heavy atom. The molecule has 0 aromatic heterocycles. The zero-order valence-electron chi connectivity index (χ0n) is 8.70. The molecule has 0 aliphatic carbocycles. The number of hydrogen-bond acceptors (Lipinski definition) is 2. The van der Waals surface area contributed by atoms with E-state index in [2.05, 4.69) is 32.2 Å². The first-order valence-corrected chi connectivity index (χ1v) is 5.77. The second kappa shape index (κ2) is 6.36. The predicted molar refractivity (Wildman–Crippen MR) is 54.9 cm³/mol. The zero-order chi connectivity index (χ0) is 10.4. The molecule has 0 aromatic rings. The summed E-state index contributed by atoms with van der Waals surface area (Å²) in [4.78, 5) is 8.44. The lowest BCUT2D eigenvalue weighted by Gasteiger charge is -2.15. The Balaban J connectivity index is 4.13. The molecule has 0 heterocycles. The van der Waals surface area contributed by atoms with Crippen molar-refractivity contribution in [2.24, 2.45) is 11.8 Å². The Morgan fingerprint density at radius 1 is 1.38 bits per heavy atom. The SMILES string of the molecule is CC(C)C(=CCO[PH](=O)O)C(C)C. The van der Waals surface area contributed by atoms with Crippen LogP contribution in [0.25, 0.3) is 0 Å². The van der Waals surface area contributed by atoms with Gasteiger partial charge >= 0.3 is 8.25 Å². The molecule has 0 aliphatic heterocycles. The number of rotatable bonds is 5. The summed E-state index contributed by atoms with van der Waals surface area (Å²) in [6, 6.07) is 0. The van der Waals surface area contributed by atoms with Crippen molar-refractivity contribution in [2.45, 2.75) is 27.7 Å². The molecule has 0 amide bonds. The molecular weight excluding hydrogens is 187 g/mol. The fourth-order valence-electron chi connectivity index (χ4n) is 1.35. The first-order valence-electron chi connectivity index (χ1n) is 4.50. The summed E-state index contributed by atoms with van der Waals surface area (Å²) < 4.78 is 14.9. The van der Waals surface area contributed by atoms with Crippen LogP contribution in [-0.2, 0) is 9.09 Å². The molecule has 0 aromatic carbocycles. The van der Waals surface area contributed by atoms with Gasteiger partial charge in [-0.15, -0.1) is 0 Å². The third kappa shape index (κ3) is 6.03. The molecule has 4 heteroatoms. The minimum absolute atomic E-state index is 0.236. The van der Waals surface area contributed by atoms with Crippen molar-refractivity contribution >= 4 is 8.25 Å². The molecule has 0 aliphatic rings. The van der Waals surface area contributed by atoms with Gasteiger partial charge in [0.15, 0.2) is 0 Å². The summed E-state index contributed by atoms with van der Waals surface area (Å²) in [5, 5.41) is 0.